The summed E-state index contributed by atoms with van der Waals surface area (Å²) in [5.41, 5.74) is 1.57. The summed E-state index contributed by atoms with van der Waals surface area (Å²) in [5, 5.41) is 3.02. The monoisotopic (exact) mass is 275 g/mol. The third-order valence-electron chi connectivity index (χ3n) is 4.02. The molecule has 1 aromatic rings. The summed E-state index contributed by atoms with van der Waals surface area (Å²) in [6, 6.07) is 4.15. The van der Waals surface area contributed by atoms with Crippen LogP contribution in [-0.4, -0.2) is 41.5 Å². The van der Waals surface area contributed by atoms with Crippen LogP contribution < -0.4 is 5.32 Å². The van der Waals surface area contributed by atoms with Crippen molar-refractivity contribution in [1.29, 1.82) is 0 Å². The molecule has 4 heteroatoms. The lowest BCUT2D eigenvalue weighted by Gasteiger charge is -2.34. The highest BCUT2D eigenvalue weighted by Gasteiger charge is 2.19. The third-order valence-corrected chi connectivity index (χ3v) is 4.02. The fourth-order valence-corrected chi connectivity index (χ4v) is 2.72. The lowest BCUT2D eigenvalue weighted by Crippen LogP contribution is -2.45. The largest absolute Gasteiger partial charge is 0.349 e. The highest BCUT2D eigenvalue weighted by Crippen LogP contribution is 2.13. The molecule has 1 atom stereocenters. The number of hydrogen-bond acceptors (Lipinski definition) is 3. The zero-order valence-corrected chi connectivity index (χ0v) is 12.6. The Morgan fingerprint density at radius 2 is 2.10 bits per heavy atom. The van der Waals surface area contributed by atoms with Gasteiger partial charge in [-0.1, -0.05) is 19.4 Å². The van der Waals surface area contributed by atoms with Crippen LogP contribution in [0.15, 0.2) is 18.3 Å². The van der Waals surface area contributed by atoms with Gasteiger partial charge in [0.25, 0.3) is 5.91 Å². The van der Waals surface area contributed by atoms with Crippen molar-refractivity contribution in [1.82, 2.24) is 15.2 Å². The van der Waals surface area contributed by atoms with Gasteiger partial charge in [0, 0.05) is 18.8 Å². The van der Waals surface area contributed by atoms with E-state index in [1.54, 1.807) is 12.3 Å². The van der Waals surface area contributed by atoms with E-state index in [-0.39, 0.29) is 5.91 Å². The van der Waals surface area contributed by atoms with E-state index in [1.165, 1.54) is 19.3 Å². The minimum atomic E-state index is -0.0690. The molecule has 1 aliphatic heterocycles. The average molecular weight is 275 g/mol. The third kappa shape index (κ3) is 4.04. The summed E-state index contributed by atoms with van der Waals surface area (Å²) in [7, 11) is 0. The molecule has 1 fully saturated rings. The zero-order valence-electron chi connectivity index (χ0n) is 12.6. The molecule has 2 rings (SSSR count). The summed E-state index contributed by atoms with van der Waals surface area (Å²) in [5.74, 6) is -0.0690. The highest BCUT2D eigenvalue weighted by atomic mass is 16.1. The number of pyridine rings is 1. The van der Waals surface area contributed by atoms with Crippen molar-refractivity contribution in [2.75, 3.05) is 19.6 Å². The van der Waals surface area contributed by atoms with Gasteiger partial charge in [-0.25, -0.2) is 0 Å². The van der Waals surface area contributed by atoms with E-state index in [1.807, 2.05) is 13.0 Å². The molecule has 1 aliphatic rings. The first kappa shape index (κ1) is 15.0. The molecule has 1 amide bonds. The Bertz CT molecular complexity index is 424. The second-order valence-corrected chi connectivity index (χ2v) is 5.59. The summed E-state index contributed by atoms with van der Waals surface area (Å²) in [6.45, 7) is 7.20. The van der Waals surface area contributed by atoms with Crippen LogP contribution in [0.2, 0.25) is 0 Å². The molecule has 2 heterocycles. The van der Waals surface area contributed by atoms with E-state index in [2.05, 4.69) is 22.1 Å². The molecule has 0 bridgehead atoms. The molecule has 110 valence electrons. The number of amides is 1. The van der Waals surface area contributed by atoms with E-state index >= 15 is 0 Å². The molecule has 0 saturated carbocycles. The fraction of sp³-hybridized carbons (Fsp3) is 0.625. The van der Waals surface area contributed by atoms with Gasteiger partial charge in [0.2, 0.25) is 0 Å². The predicted molar refractivity (Wildman–Crippen MR) is 80.8 cm³/mol. The van der Waals surface area contributed by atoms with Crippen molar-refractivity contribution < 1.29 is 4.79 Å². The van der Waals surface area contributed by atoms with Crippen molar-refractivity contribution >= 4 is 5.91 Å². The van der Waals surface area contributed by atoms with Gasteiger partial charge < -0.3 is 5.32 Å². The van der Waals surface area contributed by atoms with Crippen LogP contribution in [0.3, 0.4) is 0 Å². The molecule has 1 saturated heterocycles. The van der Waals surface area contributed by atoms with E-state index in [4.69, 9.17) is 0 Å². The second-order valence-electron chi connectivity index (χ2n) is 5.59. The molecule has 1 aromatic heterocycles. The predicted octanol–water partition coefficient (Wildman–Crippen LogP) is 2.38. The van der Waals surface area contributed by atoms with Gasteiger partial charge in [0.15, 0.2) is 0 Å². The number of nitrogens with zero attached hydrogens (tertiary/aromatic N) is 2. The SMILES string of the molecule is CCC(CNC(=O)c1ccc(C)cn1)N1CCCCC1. The summed E-state index contributed by atoms with van der Waals surface area (Å²) in [4.78, 5) is 18.7. The number of aryl methyl sites for hydroxylation is 1. The van der Waals surface area contributed by atoms with Crippen LogP contribution in [0.1, 0.15) is 48.7 Å². The van der Waals surface area contributed by atoms with E-state index < -0.39 is 0 Å². The molecular weight excluding hydrogens is 250 g/mol. The van der Waals surface area contributed by atoms with Crippen LogP contribution in [-0.2, 0) is 0 Å². The topological polar surface area (TPSA) is 45.2 Å². The van der Waals surface area contributed by atoms with Crippen molar-refractivity contribution in [3.63, 3.8) is 0 Å². The standard InChI is InChI=1S/C16H25N3O/c1-3-14(19-9-5-4-6-10-19)12-18-16(20)15-8-7-13(2)11-17-15/h7-8,11,14H,3-6,9-10,12H2,1-2H3,(H,18,20). The lowest BCUT2D eigenvalue weighted by molar-refractivity contribution is 0.0918. The Morgan fingerprint density at radius 3 is 2.70 bits per heavy atom. The van der Waals surface area contributed by atoms with Gasteiger partial charge in [-0.2, -0.15) is 0 Å². The van der Waals surface area contributed by atoms with Gasteiger partial charge >= 0.3 is 0 Å². The van der Waals surface area contributed by atoms with Crippen LogP contribution in [0, 0.1) is 6.92 Å². The van der Waals surface area contributed by atoms with Crippen LogP contribution in [0.25, 0.3) is 0 Å². The quantitative estimate of drug-likeness (QED) is 0.897. The Hall–Kier alpha value is -1.42. The Balaban J connectivity index is 1.85. The number of aromatic nitrogens is 1. The first-order valence-electron chi connectivity index (χ1n) is 7.65. The maximum atomic E-state index is 12.1. The molecule has 1 unspecified atom stereocenters. The number of rotatable bonds is 5. The summed E-state index contributed by atoms with van der Waals surface area (Å²) < 4.78 is 0. The second kappa shape index (κ2) is 7.39. The summed E-state index contributed by atoms with van der Waals surface area (Å²) >= 11 is 0. The molecule has 0 spiro atoms. The fourth-order valence-electron chi connectivity index (χ4n) is 2.72. The van der Waals surface area contributed by atoms with E-state index in [0.717, 1.165) is 25.1 Å². The molecule has 20 heavy (non-hydrogen) atoms. The number of carbonyl (C=O) groups is 1. The van der Waals surface area contributed by atoms with Crippen LogP contribution in [0.4, 0.5) is 0 Å². The van der Waals surface area contributed by atoms with Crippen LogP contribution >= 0.6 is 0 Å². The number of hydrogen-bond donors (Lipinski definition) is 1. The number of piperidine rings is 1. The van der Waals surface area contributed by atoms with Gasteiger partial charge in [0.1, 0.15) is 5.69 Å². The lowest BCUT2D eigenvalue weighted by atomic mass is 10.1. The van der Waals surface area contributed by atoms with Gasteiger partial charge in [-0.3, -0.25) is 14.7 Å². The molecule has 0 aromatic carbocycles. The Kier molecular flexibility index (Phi) is 5.53. The van der Waals surface area contributed by atoms with E-state index in [0.29, 0.717) is 18.3 Å². The van der Waals surface area contributed by atoms with Gasteiger partial charge in [-0.05, 0) is 50.9 Å². The molecule has 0 radical (unpaired) electrons. The van der Waals surface area contributed by atoms with Crippen LogP contribution in [0.5, 0.6) is 0 Å². The van der Waals surface area contributed by atoms with Gasteiger partial charge in [0.05, 0.1) is 0 Å². The van der Waals surface area contributed by atoms with Gasteiger partial charge in [-0.15, -0.1) is 0 Å². The maximum absolute atomic E-state index is 12.1. The minimum Gasteiger partial charge on any atom is -0.349 e. The van der Waals surface area contributed by atoms with Crippen molar-refractivity contribution in [2.45, 2.75) is 45.6 Å². The number of nitrogens with one attached hydrogen (secondary N) is 1. The molecular formula is C16H25N3O. The van der Waals surface area contributed by atoms with E-state index in [9.17, 15) is 4.79 Å². The average Bonchev–Trinajstić information content (AvgIpc) is 2.49. The van der Waals surface area contributed by atoms with Crippen molar-refractivity contribution in [3.8, 4) is 0 Å². The summed E-state index contributed by atoms with van der Waals surface area (Å²) in [6.07, 6.45) is 6.71. The number of likely N-dealkylation sites (tertiary alicyclic amines) is 1. The maximum Gasteiger partial charge on any atom is 0.269 e. The first-order chi connectivity index (χ1) is 9.70. The number of carbonyl (C=O) groups excluding carboxylic acids is 1. The zero-order chi connectivity index (χ0) is 14.4. The highest BCUT2D eigenvalue weighted by molar-refractivity contribution is 5.92. The Labute approximate surface area is 121 Å². The molecule has 0 aliphatic carbocycles. The minimum absolute atomic E-state index is 0.0690. The van der Waals surface area contributed by atoms with Crippen molar-refractivity contribution in [3.05, 3.63) is 29.6 Å². The molecule has 4 nitrogen and oxygen atoms in total. The molecule has 1 N–H and O–H groups in total. The normalized spacial score (nSPS) is 17.7. The smallest absolute Gasteiger partial charge is 0.269 e. The van der Waals surface area contributed by atoms with Crippen molar-refractivity contribution in [2.24, 2.45) is 0 Å². The Morgan fingerprint density at radius 1 is 1.35 bits per heavy atom. The first-order valence-corrected chi connectivity index (χ1v) is 7.65.